The molecule has 2 nitrogen and oxygen atoms in total. The van der Waals surface area contributed by atoms with Gasteiger partial charge in [0.05, 0.1) is 10.1 Å². The zero-order chi connectivity index (χ0) is 7.40. The summed E-state index contributed by atoms with van der Waals surface area (Å²) >= 11 is 4.55. The van der Waals surface area contributed by atoms with Crippen molar-refractivity contribution in [1.29, 1.82) is 0 Å². The van der Waals surface area contributed by atoms with E-state index >= 15 is 0 Å². The molecule has 0 unspecified atom stereocenters. The van der Waals surface area contributed by atoms with Crippen molar-refractivity contribution in [1.82, 2.24) is 9.97 Å². The topological polar surface area (TPSA) is 25.8 Å². The van der Waals surface area contributed by atoms with Crippen LogP contribution >= 0.6 is 45.2 Å². The molecule has 0 fully saturated rings. The van der Waals surface area contributed by atoms with Gasteiger partial charge in [0.1, 0.15) is 5.82 Å². The van der Waals surface area contributed by atoms with Gasteiger partial charge in [-0.05, 0) is 6.07 Å². The monoisotopic (exact) mass is 360 g/mol. The predicted octanol–water partition coefficient (Wildman–Crippen LogP) is 2.35. The highest BCUT2D eigenvalue weighted by Gasteiger charge is 1.94. The third-order valence-corrected chi connectivity index (χ3v) is 2.48. The van der Waals surface area contributed by atoms with Crippen molar-refractivity contribution < 1.29 is 0 Å². The number of hydrogen-bond donors (Lipinski definition) is 0. The average molecular weight is 360 g/mol. The molecule has 0 atom stereocenters. The second kappa shape index (κ2) is 4.42. The van der Waals surface area contributed by atoms with Gasteiger partial charge in [-0.1, -0.05) is 45.2 Å². The van der Waals surface area contributed by atoms with Gasteiger partial charge >= 0.3 is 0 Å². The first-order valence-corrected chi connectivity index (χ1v) is 5.84. The minimum absolute atomic E-state index is 0.891. The van der Waals surface area contributed by atoms with Crippen molar-refractivity contribution in [3.63, 3.8) is 0 Å². The molecule has 1 aromatic heterocycles. The van der Waals surface area contributed by atoms with E-state index in [2.05, 4.69) is 55.1 Å². The first-order chi connectivity index (χ1) is 4.86. The molecule has 1 aromatic rings. The summed E-state index contributed by atoms with van der Waals surface area (Å²) in [7, 11) is 0. The van der Waals surface area contributed by atoms with E-state index < -0.39 is 0 Å². The van der Waals surface area contributed by atoms with Crippen LogP contribution in [0.25, 0.3) is 0 Å². The van der Waals surface area contributed by atoms with Crippen molar-refractivity contribution in [2.75, 3.05) is 0 Å². The molecule has 54 valence electrons. The molecule has 1 rings (SSSR count). The minimum Gasteiger partial charge on any atom is -0.241 e. The molecule has 0 N–H and O–H groups in total. The molecule has 0 aliphatic rings. The largest absolute Gasteiger partial charge is 0.241 e. The molecule has 0 aliphatic carbocycles. The number of halogens is 2. The minimum atomic E-state index is 0.891. The average Bonchev–Trinajstić information content (AvgIpc) is 2.05. The van der Waals surface area contributed by atoms with Gasteiger partial charge in [-0.3, -0.25) is 0 Å². The summed E-state index contributed by atoms with van der Waals surface area (Å²) in [5.74, 6) is 0.926. The maximum atomic E-state index is 4.28. The van der Waals surface area contributed by atoms with Crippen molar-refractivity contribution >= 4 is 45.2 Å². The van der Waals surface area contributed by atoms with Crippen LogP contribution in [0.5, 0.6) is 0 Å². The fourth-order valence-corrected chi connectivity index (χ4v) is 1.37. The lowest BCUT2D eigenvalue weighted by Gasteiger charge is -1.95. The molecule has 1 heterocycles. The van der Waals surface area contributed by atoms with Crippen LogP contribution in [0.4, 0.5) is 0 Å². The van der Waals surface area contributed by atoms with E-state index in [1.165, 1.54) is 0 Å². The molecular weight excluding hydrogens is 354 g/mol. The highest BCUT2D eigenvalue weighted by Crippen LogP contribution is 2.03. The van der Waals surface area contributed by atoms with Crippen LogP contribution in [-0.2, 0) is 8.86 Å². The van der Waals surface area contributed by atoms with E-state index in [1.54, 1.807) is 0 Å². The lowest BCUT2D eigenvalue weighted by atomic mass is 10.4. The Morgan fingerprint density at radius 1 is 1.30 bits per heavy atom. The summed E-state index contributed by atoms with van der Waals surface area (Å²) in [5.41, 5.74) is 1.11. The summed E-state index contributed by atoms with van der Waals surface area (Å²) in [6.45, 7) is 0. The fraction of sp³-hybridized carbons (Fsp3) is 0.333. The quantitative estimate of drug-likeness (QED) is 0.598. The van der Waals surface area contributed by atoms with Gasteiger partial charge in [0.2, 0.25) is 0 Å². The Morgan fingerprint density at radius 2 is 2.10 bits per heavy atom. The standard InChI is InChI=1S/C6H6I2N2/c7-3-5-1-2-9-6(4-8)10-5/h1-2H,3-4H2. The summed E-state index contributed by atoms with van der Waals surface area (Å²) in [6, 6.07) is 1.95. The van der Waals surface area contributed by atoms with E-state index in [-0.39, 0.29) is 0 Å². The lowest BCUT2D eigenvalue weighted by Crippen LogP contribution is -1.93. The van der Waals surface area contributed by atoms with Gasteiger partial charge < -0.3 is 0 Å². The van der Waals surface area contributed by atoms with Crippen molar-refractivity contribution in [3.8, 4) is 0 Å². The Kier molecular flexibility index (Phi) is 3.82. The van der Waals surface area contributed by atoms with Crippen molar-refractivity contribution in [2.45, 2.75) is 8.86 Å². The molecule has 0 bridgehead atoms. The second-order valence-corrected chi connectivity index (χ2v) is 3.26. The maximum Gasteiger partial charge on any atom is 0.138 e. The highest BCUT2D eigenvalue weighted by molar-refractivity contribution is 14.1. The van der Waals surface area contributed by atoms with Crippen LogP contribution in [0.15, 0.2) is 12.3 Å². The zero-order valence-electron chi connectivity index (χ0n) is 5.22. The van der Waals surface area contributed by atoms with Gasteiger partial charge in [0.25, 0.3) is 0 Å². The van der Waals surface area contributed by atoms with Gasteiger partial charge in [-0.2, -0.15) is 0 Å². The normalized spacial score (nSPS) is 9.80. The molecule has 0 saturated carbocycles. The molecule has 0 aliphatic heterocycles. The number of rotatable bonds is 2. The highest BCUT2D eigenvalue weighted by atomic mass is 127. The summed E-state index contributed by atoms with van der Waals surface area (Å²) in [5, 5.41) is 0. The fourth-order valence-electron chi connectivity index (χ4n) is 0.580. The van der Waals surface area contributed by atoms with Crippen LogP contribution in [-0.4, -0.2) is 9.97 Å². The molecule has 0 spiro atoms. The molecule has 0 saturated heterocycles. The van der Waals surface area contributed by atoms with Crippen molar-refractivity contribution in [3.05, 3.63) is 23.8 Å². The number of alkyl halides is 2. The Hall–Kier alpha value is 0.540. The second-order valence-electron chi connectivity index (χ2n) is 1.73. The van der Waals surface area contributed by atoms with Gasteiger partial charge in [-0.25, -0.2) is 9.97 Å². The summed E-state index contributed by atoms with van der Waals surface area (Å²) in [6.07, 6.45) is 1.81. The van der Waals surface area contributed by atoms with E-state index in [0.29, 0.717) is 0 Å². The van der Waals surface area contributed by atoms with Crippen LogP contribution in [0.1, 0.15) is 11.5 Å². The number of aromatic nitrogens is 2. The Bertz CT molecular complexity index is 195. The summed E-state index contributed by atoms with van der Waals surface area (Å²) < 4.78 is 1.85. The predicted molar refractivity (Wildman–Crippen MR) is 57.5 cm³/mol. The molecule has 0 aromatic carbocycles. The Labute approximate surface area is 87.1 Å². The summed E-state index contributed by atoms with van der Waals surface area (Å²) in [4.78, 5) is 8.37. The first kappa shape index (κ1) is 8.63. The van der Waals surface area contributed by atoms with E-state index in [0.717, 1.165) is 20.4 Å². The Balaban J connectivity index is 2.87. The first-order valence-electron chi connectivity index (χ1n) is 2.79. The van der Waals surface area contributed by atoms with Gasteiger partial charge in [0, 0.05) is 10.6 Å². The Morgan fingerprint density at radius 3 is 2.70 bits per heavy atom. The van der Waals surface area contributed by atoms with E-state index in [1.807, 2.05) is 12.3 Å². The van der Waals surface area contributed by atoms with Crippen LogP contribution in [0.3, 0.4) is 0 Å². The molecule has 0 radical (unpaired) electrons. The third-order valence-electron chi connectivity index (χ3n) is 1.02. The van der Waals surface area contributed by atoms with E-state index in [9.17, 15) is 0 Å². The zero-order valence-corrected chi connectivity index (χ0v) is 9.53. The lowest BCUT2D eigenvalue weighted by molar-refractivity contribution is 1.00. The molecule has 10 heavy (non-hydrogen) atoms. The third kappa shape index (κ3) is 2.30. The number of nitrogens with zero attached hydrogens (tertiary/aromatic N) is 2. The molecule has 4 heteroatoms. The molecule has 0 amide bonds. The van der Waals surface area contributed by atoms with Crippen LogP contribution < -0.4 is 0 Å². The SMILES string of the molecule is ICc1ccnc(CI)n1. The van der Waals surface area contributed by atoms with Crippen molar-refractivity contribution in [2.24, 2.45) is 0 Å². The van der Waals surface area contributed by atoms with Crippen LogP contribution in [0, 0.1) is 0 Å². The maximum absolute atomic E-state index is 4.28. The molecular formula is C6H6I2N2. The smallest absolute Gasteiger partial charge is 0.138 e. The van der Waals surface area contributed by atoms with E-state index in [4.69, 9.17) is 0 Å². The van der Waals surface area contributed by atoms with Gasteiger partial charge in [0.15, 0.2) is 0 Å². The van der Waals surface area contributed by atoms with Crippen LogP contribution in [0.2, 0.25) is 0 Å². The number of hydrogen-bond acceptors (Lipinski definition) is 2. The van der Waals surface area contributed by atoms with Gasteiger partial charge in [-0.15, -0.1) is 0 Å².